The molecular weight excluding hydrogens is 334 g/mol. The van der Waals surface area contributed by atoms with Crippen LogP contribution in [0.1, 0.15) is 48.9 Å². The molecule has 1 saturated carbocycles. The van der Waals surface area contributed by atoms with Crippen molar-refractivity contribution in [3.8, 4) is 0 Å². The van der Waals surface area contributed by atoms with E-state index in [-0.39, 0.29) is 15.8 Å². The van der Waals surface area contributed by atoms with Gasteiger partial charge in [0.15, 0.2) is 9.84 Å². The molecule has 1 saturated heterocycles. The number of carbonyl (C=O) groups excluding carboxylic acids is 1. The number of carbonyl (C=O) groups is 1. The van der Waals surface area contributed by atoms with Crippen molar-refractivity contribution in [2.24, 2.45) is 5.92 Å². The van der Waals surface area contributed by atoms with Gasteiger partial charge in [-0.15, -0.1) is 0 Å². The van der Waals surface area contributed by atoms with Gasteiger partial charge in [-0.1, -0.05) is 24.4 Å². The Kier molecular flexibility index (Phi) is 4.70. The van der Waals surface area contributed by atoms with Crippen LogP contribution in [0.4, 0.5) is 0 Å². The Hall–Kier alpha value is -1.07. The van der Waals surface area contributed by atoms with Gasteiger partial charge in [-0.05, 0) is 49.8 Å². The molecule has 0 spiro atoms. The molecule has 0 radical (unpaired) electrons. The smallest absolute Gasteiger partial charge is 0.254 e. The first kappa shape index (κ1) is 16.8. The molecule has 1 aliphatic heterocycles. The van der Waals surface area contributed by atoms with Crippen molar-refractivity contribution in [2.45, 2.75) is 49.5 Å². The Balaban J connectivity index is 1.88. The largest absolute Gasteiger partial charge is 0.335 e. The molecule has 1 aliphatic carbocycles. The van der Waals surface area contributed by atoms with Gasteiger partial charge in [-0.25, -0.2) is 8.42 Å². The van der Waals surface area contributed by atoms with E-state index in [2.05, 4.69) is 0 Å². The van der Waals surface area contributed by atoms with Crippen molar-refractivity contribution >= 4 is 27.3 Å². The van der Waals surface area contributed by atoms with Crippen molar-refractivity contribution in [3.63, 3.8) is 0 Å². The predicted molar refractivity (Wildman–Crippen MR) is 90.6 cm³/mol. The zero-order valence-corrected chi connectivity index (χ0v) is 14.9. The fourth-order valence-electron chi connectivity index (χ4n) is 3.96. The molecule has 6 heteroatoms. The lowest BCUT2D eigenvalue weighted by Gasteiger charge is -2.29. The third-order valence-corrected chi connectivity index (χ3v) is 6.66. The van der Waals surface area contributed by atoms with Gasteiger partial charge in [0, 0.05) is 24.4 Å². The van der Waals surface area contributed by atoms with Crippen LogP contribution in [0.2, 0.25) is 5.02 Å². The Bertz CT molecular complexity index is 711. The summed E-state index contributed by atoms with van der Waals surface area (Å²) in [4.78, 5) is 14.9. The van der Waals surface area contributed by atoms with Crippen LogP contribution >= 0.6 is 11.6 Å². The van der Waals surface area contributed by atoms with Crippen molar-refractivity contribution in [1.29, 1.82) is 0 Å². The van der Waals surface area contributed by atoms with Crippen LogP contribution < -0.4 is 0 Å². The van der Waals surface area contributed by atoms with Crippen LogP contribution in [-0.2, 0) is 9.84 Å². The number of halogens is 1. The molecule has 126 valence electrons. The Morgan fingerprint density at radius 1 is 1.17 bits per heavy atom. The summed E-state index contributed by atoms with van der Waals surface area (Å²) >= 11 is 5.97. The molecule has 3 rings (SSSR count). The van der Waals surface area contributed by atoms with Gasteiger partial charge in [-0.2, -0.15) is 0 Å². The second-order valence-corrected chi connectivity index (χ2v) is 9.06. The quantitative estimate of drug-likeness (QED) is 0.833. The Morgan fingerprint density at radius 2 is 1.87 bits per heavy atom. The first-order valence-corrected chi connectivity index (χ1v) is 10.5. The molecule has 2 aliphatic rings. The summed E-state index contributed by atoms with van der Waals surface area (Å²) in [7, 11) is -3.44. The Morgan fingerprint density at radius 3 is 2.52 bits per heavy atom. The van der Waals surface area contributed by atoms with Gasteiger partial charge < -0.3 is 4.90 Å². The van der Waals surface area contributed by atoms with Crippen molar-refractivity contribution in [1.82, 2.24) is 4.90 Å². The number of rotatable bonds is 3. The molecule has 0 bridgehead atoms. The zero-order valence-electron chi connectivity index (χ0n) is 13.3. The summed E-state index contributed by atoms with van der Waals surface area (Å²) in [6, 6.07) is 4.86. The third-order valence-electron chi connectivity index (χ3n) is 5.08. The standard InChI is InChI=1S/C17H22ClNO3S/c1-23(21,22)16-11-13(8-9-14(16)18)17(20)19-10-4-7-15(19)12-5-2-3-6-12/h8-9,11-12,15H,2-7,10H2,1H3. The number of benzene rings is 1. The maximum absolute atomic E-state index is 12.9. The number of amides is 1. The molecule has 1 heterocycles. The fourth-order valence-corrected chi connectivity index (χ4v) is 5.26. The lowest BCUT2D eigenvalue weighted by molar-refractivity contribution is 0.0689. The molecular formula is C17H22ClNO3S. The summed E-state index contributed by atoms with van der Waals surface area (Å²) in [5.74, 6) is 0.532. The van der Waals surface area contributed by atoms with Crippen molar-refractivity contribution in [3.05, 3.63) is 28.8 Å². The molecule has 1 aromatic rings. The zero-order chi connectivity index (χ0) is 16.6. The van der Waals surface area contributed by atoms with Crippen LogP contribution in [0.15, 0.2) is 23.1 Å². The minimum atomic E-state index is -3.44. The highest BCUT2D eigenvalue weighted by atomic mass is 35.5. The lowest BCUT2D eigenvalue weighted by Crippen LogP contribution is -2.39. The maximum atomic E-state index is 12.9. The van der Waals surface area contributed by atoms with Crippen LogP contribution in [0.25, 0.3) is 0 Å². The second-order valence-electron chi connectivity index (χ2n) is 6.67. The molecule has 2 fully saturated rings. The SMILES string of the molecule is CS(=O)(=O)c1cc(C(=O)N2CCCC2C2CCCC2)ccc1Cl. The summed E-state index contributed by atoms with van der Waals surface area (Å²) in [5, 5.41) is 0.165. The predicted octanol–water partition coefficient (Wildman–Crippen LogP) is 3.54. The molecule has 1 atom stereocenters. The molecule has 1 amide bonds. The highest BCUT2D eigenvalue weighted by Gasteiger charge is 2.36. The van der Waals surface area contributed by atoms with E-state index >= 15 is 0 Å². The van der Waals surface area contributed by atoms with Crippen LogP contribution in [0.5, 0.6) is 0 Å². The Labute approximate surface area is 142 Å². The number of hydrogen-bond donors (Lipinski definition) is 0. The maximum Gasteiger partial charge on any atom is 0.254 e. The highest BCUT2D eigenvalue weighted by molar-refractivity contribution is 7.90. The van der Waals surface area contributed by atoms with Crippen molar-refractivity contribution in [2.75, 3.05) is 12.8 Å². The number of likely N-dealkylation sites (tertiary alicyclic amines) is 1. The number of sulfone groups is 1. The van der Waals surface area contributed by atoms with Crippen LogP contribution in [-0.4, -0.2) is 38.1 Å². The van der Waals surface area contributed by atoms with E-state index in [1.165, 1.54) is 37.8 Å². The minimum absolute atomic E-state index is 0.0293. The van der Waals surface area contributed by atoms with Crippen molar-refractivity contribution < 1.29 is 13.2 Å². The molecule has 4 nitrogen and oxygen atoms in total. The van der Waals surface area contributed by atoms with Crippen LogP contribution in [0.3, 0.4) is 0 Å². The first-order valence-electron chi connectivity index (χ1n) is 8.18. The highest BCUT2D eigenvalue weighted by Crippen LogP contribution is 2.36. The average molecular weight is 356 g/mol. The van der Waals surface area contributed by atoms with E-state index in [9.17, 15) is 13.2 Å². The van der Waals surface area contributed by atoms with E-state index in [1.807, 2.05) is 4.90 Å². The van der Waals surface area contributed by atoms with Gasteiger partial charge in [0.25, 0.3) is 5.91 Å². The van der Waals surface area contributed by atoms with Gasteiger partial charge >= 0.3 is 0 Å². The number of hydrogen-bond acceptors (Lipinski definition) is 3. The lowest BCUT2D eigenvalue weighted by atomic mass is 9.95. The molecule has 1 unspecified atom stereocenters. The average Bonchev–Trinajstić information content (AvgIpc) is 3.16. The van der Waals surface area contributed by atoms with Crippen LogP contribution in [0, 0.1) is 5.92 Å². The summed E-state index contributed by atoms with van der Waals surface area (Å²) in [6.45, 7) is 0.761. The summed E-state index contributed by atoms with van der Waals surface area (Å²) < 4.78 is 23.6. The molecule has 0 N–H and O–H groups in total. The fraction of sp³-hybridized carbons (Fsp3) is 0.588. The topological polar surface area (TPSA) is 54.5 Å². The molecule has 1 aromatic carbocycles. The van der Waals surface area contributed by atoms with Gasteiger partial charge in [0.05, 0.1) is 9.92 Å². The normalized spacial score (nSPS) is 22.7. The summed E-state index contributed by atoms with van der Waals surface area (Å²) in [6.07, 6.45) is 8.10. The first-order chi connectivity index (χ1) is 10.9. The minimum Gasteiger partial charge on any atom is -0.335 e. The molecule has 0 aromatic heterocycles. The van der Waals surface area contributed by atoms with E-state index in [0.29, 0.717) is 17.5 Å². The van der Waals surface area contributed by atoms with E-state index in [1.54, 1.807) is 6.07 Å². The second kappa shape index (κ2) is 6.44. The van der Waals surface area contributed by atoms with E-state index in [0.717, 1.165) is 25.6 Å². The van der Waals surface area contributed by atoms with Gasteiger partial charge in [0.2, 0.25) is 0 Å². The monoisotopic (exact) mass is 355 g/mol. The van der Waals surface area contributed by atoms with E-state index in [4.69, 9.17) is 11.6 Å². The summed E-state index contributed by atoms with van der Waals surface area (Å²) in [5.41, 5.74) is 0.416. The van der Waals surface area contributed by atoms with Gasteiger partial charge in [0.1, 0.15) is 0 Å². The number of nitrogens with zero attached hydrogens (tertiary/aromatic N) is 1. The molecule has 23 heavy (non-hydrogen) atoms. The van der Waals surface area contributed by atoms with E-state index < -0.39 is 9.84 Å². The third kappa shape index (κ3) is 3.41. The van der Waals surface area contributed by atoms with Gasteiger partial charge in [-0.3, -0.25) is 4.79 Å².